The van der Waals surface area contributed by atoms with Crippen LogP contribution in [-0.2, 0) is 4.79 Å². The quantitative estimate of drug-likeness (QED) is 0.646. The van der Waals surface area contributed by atoms with Crippen molar-refractivity contribution in [2.75, 3.05) is 13.1 Å². The lowest BCUT2D eigenvalue weighted by Crippen LogP contribution is -2.44. The SMILES string of the molecule is CC(C)c1ccc(C(NC(=O)C2CCN(C(=O)c3ccc(F)cc3F)CC2)C(C)C)cc1. The van der Waals surface area contributed by atoms with Crippen LogP contribution in [0.25, 0.3) is 0 Å². The molecule has 1 fully saturated rings. The third-order valence-electron chi connectivity index (χ3n) is 6.24. The van der Waals surface area contributed by atoms with Gasteiger partial charge in [0.15, 0.2) is 0 Å². The Balaban J connectivity index is 1.60. The van der Waals surface area contributed by atoms with Gasteiger partial charge in [0.05, 0.1) is 11.6 Å². The first kappa shape index (κ1) is 23.9. The summed E-state index contributed by atoms with van der Waals surface area (Å²) in [6.45, 7) is 9.20. The zero-order valence-electron chi connectivity index (χ0n) is 19.2. The molecule has 2 aromatic carbocycles. The standard InChI is InChI=1S/C26H32F2N2O2/c1-16(2)18-5-7-19(8-6-18)24(17(3)4)29-25(31)20-11-13-30(14-12-20)26(32)22-10-9-21(27)15-23(22)28/h5-10,15-17,20,24H,11-14H2,1-4H3,(H,29,31). The van der Waals surface area contributed by atoms with Crippen LogP contribution in [-0.4, -0.2) is 29.8 Å². The fourth-order valence-corrected chi connectivity index (χ4v) is 4.17. The molecule has 2 aromatic rings. The van der Waals surface area contributed by atoms with E-state index in [0.717, 1.165) is 11.6 Å². The van der Waals surface area contributed by atoms with Crippen LogP contribution in [0, 0.1) is 23.5 Å². The summed E-state index contributed by atoms with van der Waals surface area (Å²) in [6.07, 6.45) is 1.02. The molecule has 1 aliphatic heterocycles. The number of piperidine rings is 1. The van der Waals surface area contributed by atoms with Gasteiger partial charge in [-0.25, -0.2) is 8.78 Å². The Labute approximate surface area is 189 Å². The predicted octanol–water partition coefficient (Wildman–Crippen LogP) is 5.45. The lowest BCUT2D eigenvalue weighted by Gasteiger charge is -2.33. The van der Waals surface area contributed by atoms with E-state index in [0.29, 0.717) is 37.9 Å². The number of hydrogen-bond acceptors (Lipinski definition) is 2. The van der Waals surface area contributed by atoms with Crippen molar-refractivity contribution in [3.8, 4) is 0 Å². The number of carbonyl (C=O) groups is 2. The summed E-state index contributed by atoms with van der Waals surface area (Å²) in [5.74, 6) is -1.58. The molecule has 172 valence electrons. The topological polar surface area (TPSA) is 49.4 Å². The molecule has 4 nitrogen and oxygen atoms in total. The second-order valence-electron chi connectivity index (χ2n) is 9.24. The van der Waals surface area contributed by atoms with Crippen molar-refractivity contribution in [1.29, 1.82) is 0 Å². The van der Waals surface area contributed by atoms with Crippen molar-refractivity contribution in [1.82, 2.24) is 10.2 Å². The van der Waals surface area contributed by atoms with E-state index in [9.17, 15) is 18.4 Å². The maximum Gasteiger partial charge on any atom is 0.256 e. The molecule has 1 heterocycles. The number of benzene rings is 2. The Morgan fingerprint density at radius 1 is 0.938 bits per heavy atom. The lowest BCUT2D eigenvalue weighted by molar-refractivity contribution is -0.127. The van der Waals surface area contributed by atoms with Crippen LogP contribution in [0.1, 0.15) is 74.0 Å². The van der Waals surface area contributed by atoms with Crippen molar-refractivity contribution in [3.63, 3.8) is 0 Å². The van der Waals surface area contributed by atoms with Gasteiger partial charge in [-0.2, -0.15) is 0 Å². The molecule has 1 unspecified atom stereocenters. The molecule has 3 rings (SSSR count). The summed E-state index contributed by atoms with van der Waals surface area (Å²) in [4.78, 5) is 27.1. The van der Waals surface area contributed by atoms with Crippen LogP contribution in [0.3, 0.4) is 0 Å². The van der Waals surface area contributed by atoms with Gasteiger partial charge in [-0.15, -0.1) is 0 Å². The first-order valence-electron chi connectivity index (χ1n) is 11.3. The van der Waals surface area contributed by atoms with E-state index < -0.39 is 17.5 Å². The fraction of sp³-hybridized carbons (Fsp3) is 0.462. The Bertz CT molecular complexity index is 949. The normalized spacial score (nSPS) is 15.8. The number of hydrogen-bond donors (Lipinski definition) is 1. The van der Waals surface area contributed by atoms with Crippen molar-refractivity contribution in [3.05, 3.63) is 70.8 Å². The first-order chi connectivity index (χ1) is 15.2. The molecule has 32 heavy (non-hydrogen) atoms. The summed E-state index contributed by atoms with van der Waals surface area (Å²) in [5, 5.41) is 3.20. The molecule has 1 N–H and O–H groups in total. The first-order valence-corrected chi connectivity index (χ1v) is 11.3. The maximum absolute atomic E-state index is 14.0. The van der Waals surface area contributed by atoms with Gasteiger partial charge in [0, 0.05) is 25.1 Å². The van der Waals surface area contributed by atoms with E-state index in [1.165, 1.54) is 16.5 Å². The molecular formula is C26H32F2N2O2. The Kier molecular flexibility index (Phi) is 7.64. The van der Waals surface area contributed by atoms with E-state index in [1.807, 2.05) is 0 Å². The van der Waals surface area contributed by atoms with Crippen molar-refractivity contribution in [2.45, 2.75) is 52.5 Å². The van der Waals surface area contributed by atoms with Gasteiger partial charge in [0.1, 0.15) is 11.6 Å². The highest BCUT2D eigenvalue weighted by atomic mass is 19.1. The third kappa shape index (κ3) is 5.53. The van der Waals surface area contributed by atoms with E-state index in [2.05, 4.69) is 57.3 Å². The zero-order valence-corrected chi connectivity index (χ0v) is 19.2. The van der Waals surface area contributed by atoms with Gasteiger partial charge in [-0.1, -0.05) is 52.0 Å². The van der Waals surface area contributed by atoms with E-state index in [-0.39, 0.29) is 29.3 Å². The summed E-state index contributed by atoms with van der Waals surface area (Å²) in [6, 6.07) is 11.3. The van der Waals surface area contributed by atoms with Crippen LogP contribution in [0.4, 0.5) is 8.78 Å². The van der Waals surface area contributed by atoms with Gasteiger partial charge in [-0.3, -0.25) is 9.59 Å². The molecule has 0 spiro atoms. The van der Waals surface area contributed by atoms with Crippen LogP contribution in [0.5, 0.6) is 0 Å². The Hall–Kier alpha value is -2.76. The summed E-state index contributed by atoms with van der Waals surface area (Å²) < 4.78 is 27.1. The van der Waals surface area contributed by atoms with Crippen molar-refractivity contribution >= 4 is 11.8 Å². The van der Waals surface area contributed by atoms with Crippen LogP contribution in [0.2, 0.25) is 0 Å². The maximum atomic E-state index is 14.0. The average Bonchev–Trinajstić information content (AvgIpc) is 2.77. The minimum Gasteiger partial charge on any atom is -0.349 e. The number of carbonyl (C=O) groups excluding carboxylic acids is 2. The summed E-state index contributed by atoms with van der Waals surface area (Å²) in [5.41, 5.74) is 2.20. The molecule has 0 aliphatic carbocycles. The zero-order chi connectivity index (χ0) is 23.4. The molecule has 0 saturated carbocycles. The molecule has 0 radical (unpaired) electrons. The number of nitrogens with zero attached hydrogens (tertiary/aromatic N) is 1. The van der Waals surface area contributed by atoms with Gasteiger partial charge < -0.3 is 10.2 Å². The van der Waals surface area contributed by atoms with Crippen LogP contribution < -0.4 is 5.32 Å². The third-order valence-corrected chi connectivity index (χ3v) is 6.24. The summed E-state index contributed by atoms with van der Waals surface area (Å²) >= 11 is 0. The number of amides is 2. The van der Waals surface area contributed by atoms with Gasteiger partial charge >= 0.3 is 0 Å². The molecule has 2 amide bonds. The highest BCUT2D eigenvalue weighted by Gasteiger charge is 2.30. The fourth-order valence-electron chi connectivity index (χ4n) is 4.17. The highest BCUT2D eigenvalue weighted by molar-refractivity contribution is 5.94. The minimum atomic E-state index is -0.863. The van der Waals surface area contributed by atoms with E-state index >= 15 is 0 Å². The van der Waals surface area contributed by atoms with E-state index in [4.69, 9.17) is 0 Å². The lowest BCUT2D eigenvalue weighted by atomic mass is 9.91. The highest BCUT2D eigenvalue weighted by Crippen LogP contribution is 2.26. The number of nitrogens with one attached hydrogen (secondary N) is 1. The molecule has 6 heteroatoms. The van der Waals surface area contributed by atoms with Crippen LogP contribution in [0.15, 0.2) is 42.5 Å². The predicted molar refractivity (Wildman–Crippen MR) is 121 cm³/mol. The molecule has 1 aliphatic rings. The Morgan fingerprint density at radius 3 is 2.06 bits per heavy atom. The molecule has 0 aromatic heterocycles. The second kappa shape index (κ2) is 10.2. The Morgan fingerprint density at radius 2 is 1.53 bits per heavy atom. The van der Waals surface area contributed by atoms with Gasteiger partial charge in [0.2, 0.25) is 5.91 Å². The molecule has 0 bridgehead atoms. The molecular weight excluding hydrogens is 410 g/mol. The van der Waals surface area contributed by atoms with Crippen molar-refractivity contribution < 1.29 is 18.4 Å². The monoisotopic (exact) mass is 442 g/mol. The minimum absolute atomic E-state index is 0.0169. The van der Waals surface area contributed by atoms with Crippen molar-refractivity contribution in [2.24, 2.45) is 11.8 Å². The smallest absolute Gasteiger partial charge is 0.256 e. The summed E-state index contributed by atoms with van der Waals surface area (Å²) in [7, 11) is 0. The number of likely N-dealkylation sites (tertiary alicyclic amines) is 1. The van der Waals surface area contributed by atoms with Gasteiger partial charge in [-0.05, 0) is 47.9 Å². The average molecular weight is 443 g/mol. The second-order valence-corrected chi connectivity index (χ2v) is 9.24. The number of rotatable bonds is 6. The van der Waals surface area contributed by atoms with Gasteiger partial charge in [0.25, 0.3) is 5.91 Å². The largest absolute Gasteiger partial charge is 0.349 e. The number of halogens is 2. The van der Waals surface area contributed by atoms with E-state index in [1.54, 1.807) is 0 Å². The molecule has 1 atom stereocenters. The molecule has 1 saturated heterocycles. The van der Waals surface area contributed by atoms with Crippen LogP contribution >= 0.6 is 0 Å².